The molecule has 0 aliphatic heterocycles. The summed E-state index contributed by atoms with van der Waals surface area (Å²) in [4.78, 5) is 1.80. The van der Waals surface area contributed by atoms with Crippen LogP contribution in [0.1, 0.15) is 29.3 Å². The maximum atomic E-state index is 11.9. The van der Waals surface area contributed by atoms with Crippen molar-refractivity contribution in [1.82, 2.24) is 0 Å². The Bertz CT molecular complexity index is 719. The van der Waals surface area contributed by atoms with Crippen molar-refractivity contribution < 1.29 is 8.42 Å². The first-order chi connectivity index (χ1) is 9.55. The van der Waals surface area contributed by atoms with Gasteiger partial charge in [-0.1, -0.05) is 12.1 Å². The molecule has 0 unspecified atom stereocenters. The molecule has 106 valence electrons. The van der Waals surface area contributed by atoms with Crippen LogP contribution in [0.15, 0.2) is 40.6 Å². The van der Waals surface area contributed by atoms with Gasteiger partial charge in [0, 0.05) is 11.1 Å². The molecule has 0 fully saturated rings. The van der Waals surface area contributed by atoms with Crippen molar-refractivity contribution in [2.24, 2.45) is 0 Å². The fraction of sp³-hybridized carbons (Fsp3) is 0.333. The number of benzene rings is 1. The van der Waals surface area contributed by atoms with Crippen molar-refractivity contribution in [2.45, 2.75) is 30.2 Å². The molecule has 0 amide bonds. The smallest absolute Gasteiger partial charge is 0.177 e. The molecule has 1 aliphatic rings. The average Bonchev–Trinajstić information content (AvgIpc) is 2.87. The SMILES string of the molecule is CS(=O)(=O)c1ccccc1N[C@H]1CCCc2sccc21. The van der Waals surface area contributed by atoms with Crippen molar-refractivity contribution >= 4 is 26.9 Å². The molecule has 0 bridgehead atoms. The van der Waals surface area contributed by atoms with Crippen LogP contribution in [0.2, 0.25) is 0 Å². The molecule has 5 heteroatoms. The van der Waals surface area contributed by atoms with Gasteiger partial charge in [0.05, 0.1) is 16.6 Å². The molecule has 0 radical (unpaired) electrons. The van der Waals surface area contributed by atoms with Crippen LogP contribution in [0.3, 0.4) is 0 Å². The Hall–Kier alpha value is -1.33. The maximum Gasteiger partial charge on any atom is 0.177 e. The van der Waals surface area contributed by atoms with Crippen LogP contribution < -0.4 is 5.32 Å². The van der Waals surface area contributed by atoms with Crippen LogP contribution in [-0.2, 0) is 16.3 Å². The van der Waals surface area contributed by atoms with Crippen LogP contribution in [0.4, 0.5) is 5.69 Å². The molecular formula is C15H17NO2S2. The number of hydrogen-bond donors (Lipinski definition) is 1. The summed E-state index contributed by atoms with van der Waals surface area (Å²) in [5, 5.41) is 5.54. The van der Waals surface area contributed by atoms with E-state index in [4.69, 9.17) is 0 Å². The van der Waals surface area contributed by atoms with E-state index in [0.717, 1.165) is 19.3 Å². The fourth-order valence-corrected chi connectivity index (χ4v) is 4.57. The number of fused-ring (bicyclic) bond motifs is 1. The summed E-state index contributed by atoms with van der Waals surface area (Å²) in [6.45, 7) is 0. The van der Waals surface area contributed by atoms with E-state index in [1.54, 1.807) is 23.5 Å². The number of nitrogens with one attached hydrogen (secondary N) is 1. The first-order valence-corrected chi connectivity index (χ1v) is 9.45. The molecule has 20 heavy (non-hydrogen) atoms. The summed E-state index contributed by atoms with van der Waals surface area (Å²) in [6.07, 6.45) is 4.58. The van der Waals surface area contributed by atoms with Gasteiger partial charge in [0.1, 0.15) is 0 Å². The Labute approximate surface area is 123 Å². The van der Waals surface area contributed by atoms with Crippen LogP contribution in [0.25, 0.3) is 0 Å². The Morgan fingerprint density at radius 2 is 2.05 bits per heavy atom. The zero-order chi connectivity index (χ0) is 14.2. The third-order valence-corrected chi connectivity index (χ3v) is 5.82. The van der Waals surface area contributed by atoms with Crippen LogP contribution >= 0.6 is 11.3 Å². The van der Waals surface area contributed by atoms with Gasteiger partial charge in [-0.3, -0.25) is 0 Å². The van der Waals surface area contributed by atoms with E-state index in [1.165, 1.54) is 16.7 Å². The predicted octanol–water partition coefficient (Wildman–Crippen LogP) is 3.64. The molecule has 0 saturated heterocycles. The molecule has 1 heterocycles. The third-order valence-electron chi connectivity index (χ3n) is 3.67. The van der Waals surface area contributed by atoms with Gasteiger partial charge in [0.15, 0.2) is 9.84 Å². The Kier molecular flexibility index (Phi) is 3.56. The number of para-hydroxylation sites is 1. The van der Waals surface area contributed by atoms with Crippen LogP contribution in [-0.4, -0.2) is 14.7 Å². The summed E-state index contributed by atoms with van der Waals surface area (Å²) in [5.74, 6) is 0. The third kappa shape index (κ3) is 2.60. The minimum absolute atomic E-state index is 0.216. The highest BCUT2D eigenvalue weighted by Crippen LogP contribution is 2.36. The molecule has 0 saturated carbocycles. The highest BCUT2D eigenvalue weighted by Gasteiger charge is 2.23. The highest BCUT2D eigenvalue weighted by molar-refractivity contribution is 7.90. The van der Waals surface area contributed by atoms with E-state index in [0.29, 0.717) is 10.6 Å². The van der Waals surface area contributed by atoms with E-state index < -0.39 is 9.84 Å². The summed E-state index contributed by atoms with van der Waals surface area (Å²) in [6, 6.07) is 9.51. The lowest BCUT2D eigenvalue weighted by Crippen LogP contribution is -2.17. The topological polar surface area (TPSA) is 46.2 Å². The molecule has 1 aromatic heterocycles. The first-order valence-electron chi connectivity index (χ1n) is 6.67. The Morgan fingerprint density at radius 3 is 2.85 bits per heavy atom. The maximum absolute atomic E-state index is 11.9. The highest BCUT2D eigenvalue weighted by atomic mass is 32.2. The van der Waals surface area contributed by atoms with E-state index in [1.807, 2.05) is 12.1 Å². The quantitative estimate of drug-likeness (QED) is 0.941. The molecule has 3 rings (SSSR count). The van der Waals surface area contributed by atoms with E-state index in [-0.39, 0.29) is 6.04 Å². The average molecular weight is 307 g/mol. The van der Waals surface area contributed by atoms with Crippen molar-refractivity contribution in [1.29, 1.82) is 0 Å². The van der Waals surface area contributed by atoms with E-state index in [9.17, 15) is 8.42 Å². The van der Waals surface area contributed by atoms with E-state index in [2.05, 4.69) is 16.8 Å². The number of sulfone groups is 1. The van der Waals surface area contributed by atoms with Gasteiger partial charge in [-0.2, -0.15) is 0 Å². The molecular weight excluding hydrogens is 290 g/mol. The monoisotopic (exact) mass is 307 g/mol. The van der Waals surface area contributed by atoms with Crippen LogP contribution in [0.5, 0.6) is 0 Å². The first kappa shape index (κ1) is 13.6. The second-order valence-corrected chi connectivity index (χ2v) is 8.14. The molecule has 3 nitrogen and oxygen atoms in total. The molecule has 2 aromatic rings. The number of thiophene rings is 1. The van der Waals surface area contributed by atoms with Gasteiger partial charge in [-0.15, -0.1) is 11.3 Å². The van der Waals surface area contributed by atoms with Crippen LogP contribution in [0, 0.1) is 0 Å². The Balaban J connectivity index is 1.95. The zero-order valence-electron chi connectivity index (χ0n) is 11.3. The fourth-order valence-electron chi connectivity index (χ4n) is 2.73. The number of anilines is 1. The zero-order valence-corrected chi connectivity index (χ0v) is 12.9. The standard InChI is InChI=1S/C15H17NO2S2/c1-20(17,18)15-8-3-2-5-13(15)16-12-6-4-7-14-11(12)9-10-19-14/h2-3,5,8-10,12,16H,4,6-7H2,1H3/t12-/m0/s1. The van der Waals surface area contributed by atoms with Gasteiger partial charge in [-0.05, 0) is 48.4 Å². The largest absolute Gasteiger partial charge is 0.377 e. The van der Waals surface area contributed by atoms with Crippen molar-refractivity contribution in [2.75, 3.05) is 11.6 Å². The second kappa shape index (κ2) is 5.22. The van der Waals surface area contributed by atoms with Crippen molar-refractivity contribution in [3.8, 4) is 0 Å². The molecule has 1 N–H and O–H groups in total. The number of rotatable bonds is 3. The van der Waals surface area contributed by atoms with Crippen molar-refractivity contribution in [3.63, 3.8) is 0 Å². The minimum Gasteiger partial charge on any atom is -0.377 e. The molecule has 1 aromatic carbocycles. The summed E-state index contributed by atoms with van der Waals surface area (Å²) in [5.41, 5.74) is 2.03. The van der Waals surface area contributed by atoms with Gasteiger partial charge >= 0.3 is 0 Å². The molecule has 1 atom stereocenters. The minimum atomic E-state index is -3.21. The Morgan fingerprint density at radius 1 is 1.25 bits per heavy atom. The number of aryl methyl sites for hydroxylation is 1. The van der Waals surface area contributed by atoms with Crippen molar-refractivity contribution in [3.05, 3.63) is 46.2 Å². The number of hydrogen-bond acceptors (Lipinski definition) is 4. The van der Waals surface area contributed by atoms with E-state index >= 15 is 0 Å². The molecule has 1 aliphatic carbocycles. The molecule has 0 spiro atoms. The summed E-state index contributed by atoms with van der Waals surface area (Å²) >= 11 is 1.79. The lowest BCUT2D eigenvalue weighted by Gasteiger charge is -2.25. The van der Waals surface area contributed by atoms with Gasteiger partial charge < -0.3 is 5.32 Å². The summed E-state index contributed by atoms with van der Waals surface area (Å²) in [7, 11) is -3.21. The predicted molar refractivity (Wildman–Crippen MR) is 83.2 cm³/mol. The normalized spacial score (nSPS) is 18.6. The van der Waals surface area contributed by atoms with Gasteiger partial charge in [-0.25, -0.2) is 8.42 Å². The van der Waals surface area contributed by atoms with Gasteiger partial charge in [0.25, 0.3) is 0 Å². The lowest BCUT2D eigenvalue weighted by molar-refractivity contribution is 0.598. The second-order valence-electron chi connectivity index (χ2n) is 5.16. The van der Waals surface area contributed by atoms with Gasteiger partial charge in [0.2, 0.25) is 0 Å². The summed E-state index contributed by atoms with van der Waals surface area (Å²) < 4.78 is 23.7. The lowest BCUT2D eigenvalue weighted by atomic mass is 9.94.